The van der Waals surface area contributed by atoms with E-state index in [1.807, 2.05) is 0 Å². The summed E-state index contributed by atoms with van der Waals surface area (Å²) >= 11 is 0. The number of nitrogens with one attached hydrogen (secondary N) is 2. The van der Waals surface area contributed by atoms with Crippen molar-refractivity contribution in [3.8, 4) is 17.1 Å². The summed E-state index contributed by atoms with van der Waals surface area (Å²) in [6, 6.07) is 2.59. The number of carbonyl (C=O) groups is 2. The maximum Gasteiger partial charge on any atom is 0.391 e. The molecule has 1 atom stereocenters. The number of likely N-dealkylation sites (tertiary alicyclic amines) is 1. The van der Waals surface area contributed by atoms with E-state index in [-0.39, 0.29) is 67.0 Å². The molecule has 2 aromatic rings. The van der Waals surface area contributed by atoms with Gasteiger partial charge in [0.15, 0.2) is 11.5 Å². The minimum atomic E-state index is -4.20. The van der Waals surface area contributed by atoms with Gasteiger partial charge < -0.3 is 19.7 Å². The minimum absolute atomic E-state index is 0.0149. The van der Waals surface area contributed by atoms with E-state index in [0.717, 1.165) is 6.20 Å². The first kappa shape index (κ1) is 26.4. The quantitative estimate of drug-likeness (QED) is 0.564. The third kappa shape index (κ3) is 5.07. The first-order valence-electron chi connectivity index (χ1n) is 12.6. The van der Waals surface area contributed by atoms with Crippen LogP contribution in [-0.4, -0.2) is 76.5 Å². The summed E-state index contributed by atoms with van der Waals surface area (Å²) in [5, 5.41) is 9.73. The number of aromatic nitrogens is 3. The molecule has 1 spiro atoms. The first-order chi connectivity index (χ1) is 18.1. The zero-order chi connectivity index (χ0) is 27.1. The van der Waals surface area contributed by atoms with E-state index in [4.69, 9.17) is 9.47 Å². The number of piperidine rings is 1. The summed E-state index contributed by atoms with van der Waals surface area (Å²) in [6.07, 6.45) is -1.75. The summed E-state index contributed by atoms with van der Waals surface area (Å²) in [4.78, 5) is 31.9. The second kappa shape index (κ2) is 10.2. The number of halogens is 4. The highest BCUT2D eigenvalue weighted by atomic mass is 19.4. The van der Waals surface area contributed by atoms with Crippen LogP contribution in [0.5, 0.6) is 5.88 Å². The van der Waals surface area contributed by atoms with Gasteiger partial charge in [-0.05, 0) is 44.6 Å². The molecule has 0 radical (unpaired) electrons. The molecule has 3 fully saturated rings. The van der Waals surface area contributed by atoms with E-state index in [1.165, 1.54) is 19.2 Å². The molecule has 2 aromatic heterocycles. The van der Waals surface area contributed by atoms with Crippen LogP contribution in [0.15, 0.2) is 18.3 Å². The lowest BCUT2D eigenvalue weighted by atomic mass is 9.77. The summed E-state index contributed by atoms with van der Waals surface area (Å²) in [5.41, 5.74) is -0.120. The molecule has 2 N–H and O–H groups in total. The lowest BCUT2D eigenvalue weighted by molar-refractivity contribution is -0.183. The van der Waals surface area contributed by atoms with E-state index >= 15 is 0 Å². The number of methoxy groups -OCH3 is 1. The number of pyridine rings is 1. The minimum Gasteiger partial charge on any atom is -0.481 e. The van der Waals surface area contributed by atoms with Crippen molar-refractivity contribution < 1.29 is 36.6 Å². The van der Waals surface area contributed by atoms with Crippen molar-refractivity contribution >= 4 is 11.8 Å². The number of carbonyl (C=O) groups excluding carboxylic acids is 2. The molecule has 2 aliphatic heterocycles. The Morgan fingerprint density at radius 1 is 1.18 bits per heavy atom. The first-order valence-corrected chi connectivity index (χ1v) is 12.6. The zero-order valence-corrected chi connectivity index (χ0v) is 20.8. The molecule has 5 rings (SSSR count). The number of hydrogen-bond donors (Lipinski definition) is 2. The smallest absolute Gasteiger partial charge is 0.391 e. The Morgan fingerprint density at radius 3 is 2.55 bits per heavy atom. The number of H-pyrrole nitrogens is 1. The molecular formula is C25H29F4N5O4. The number of aromatic amines is 1. The van der Waals surface area contributed by atoms with Crippen LogP contribution in [-0.2, 0) is 9.53 Å². The number of amides is 2. The lowest BCUT2D eigenvalue weighted by Crippen LogP contribution is -2.68. The van der Waals surface area contributed by atoms with Crippen molar-refractivity contribution in [1.29, 1.82) is 0 Å². The average Bonchev–Trinajstić information content (AvgIpc) is 3.37. The molecule has 4 heterocycles. The van der Waals surface area contributed by atoms with Crippen molar-refractivity contribution in [2.24, 2.45) is 11.8 Å². The fraction of sp³-hybridized carbons (Fsp3) is 0.600. The number of hydrogen-bond acceptors (Lipinski definition) is 6. The second-order valence-electron chi connectivity index (χ2n) is 10.3. The highest BCUT2D eigenvalue weighted by molar-refractivity contribution is 5.94. The highest BCUT2D eigenvalue weighted by Gasteiger charge is 2.52. The van der Waals surface area contributed by atoms with Gasteiger partial charge >= 0.3 is 6.18 Å². The van der Waals surface area contributed by atoms with Gasteiger partial charge in [0, 0.05) is 30.1 Å². The van der Waals surface area contributed by atoms with Crippen LogP contribution in [0.25, 0.3) is 11.3 Å². The summed E-state index contributed by atoms with van der Waals surface area (Å²) in [6.45, 7) is 0.833. The fourth-order valence-electron chi connectivity index (χ4n) is 5.67. The molecule has 3 aliphatic rings. The van der Waals surface area contributed by atoms with Crippen LogP contribution in [0, 0.1) is 17.7 Å². The Balaban J connectivity index is 1.23. The molecule has 38 heavy (non-hydrogen) atoms. The van der Waals surface area contributed by atoms with Gasteiger partial charge in [0.25, 0.3) is 5.91 Å². The Hall–Kier alpha value is -3.22. The molecule has 2 saturated heterocycles. The highest BCUT2D eigenvalue weighted by Crippen LogP contribution is 2.40. The van der Waals surface area contributed by atoms with Gasteiger partial charge in [0.05, 0.1) is 43.7 Å². The third-order valence-corrected chi connectivity index (χ3v) is 7.92. The summed E-state index contributed by atoms with van der Waals surface area (Å²) in [7, 11) is 1.41. The molecule has 9 nitrogen and oxygen atoms in total. The Labute approximate surface area is 216 Å². The van der Waals surface area contributed by atoms with Gasteiger partial charge in [-0.25, -0.2) is 9.37 Å². The van der Waals surface area contributed by atoms with Crippen molar-refractivity contribution in [2.45, 2.75) is 56.3 Å². The zero-order valence-electron chi connectivity index (χ0n) is 20.8. The predicted molar refractivity (Wildman–Crippen MR) is 126 cm³/mol. The van der Waals surface area contributed by atoms with E-state index in [2.05, 4.69) is 20.5 Å². The van der Waals surface area contributed by atoms with Crippen LogP contribution >= 0.6 is 0 Å². The van der Waals surface area contributed by atoms with Gasteiger partial charge in [-0.15, -0.1) is 0 Å². The number of nitrogens with zero attached hydrogens (tertiary/aromatic N) is 3. The fourth-order valence-corrected chi connectivity index (χ4v) is 5.67. The van der Waals surface area contributed by atoms with Crippen LogP contribution in [0.3, 0.4) is 0 Å². The van der Waals surface area contributed by atoms with Crippen molar-refractivity contribution in [2.75, 3.05) is 26.9 Å². The molecule has 206 valence electrons. The van der Waals surface area contributed by atoms with Crippen molar-refractivity contribution in [1.82, 2.24) is 25.4 Å². The molecule has 1 aliphatic carbocycles. The van der Waals surface area contributed by atoms with E-state index < -0.39 is 23.5 Å². The molecular weight excluding hydrogens is 510 g/mol. The van der Waals surface area contributed by atoms with Gasteiger partial charge in [0.2, 0.25) is 11.8 Å². The van der Waals surface area contributed by atoms with Gasteiger partial charge in [-0.2, -0.15) is 18.3 Å². The summed E-state index contributed by atoms with van der Waals surface area (Å²) in [5.74, 6) is -2.62. The van der Waals surface area contributed by atoms with Crippen LogP contribution in [0.1, 0.15) is 49.0 Å². The Morgan fingerprint density at radius 2 is 1.92 bits per heavy atom. The predicted octanol–water partition coefficient (Wildman–Crippen LogP) is 3.48. The van der Waals surface area contributed by atoms with Gasteiger partial charge in [0.1, 0.15) is 0 Å². The average molecular weight is 540 g/mol. The molecule has 0 aromatic carbocycles. The number of rotatable bonds is 5. The number of ether oxygens (including phenoxy) is 2. The van der Waals surface area contributed by atoms with Gasteiger partial charge in [-0.1, -0.05) is 0 Å². The second-order valence-corrected chi connectivity index (χ2v) is 10.3. The summed E-state index contributed by atoms with van der Waals surface area (Å²) < 4.78 is 63.7. The monoisotopic (exact) mass is 539 g/mol. The van der Waals surface area contributed by atoms with Crippen molar-refractivity contribution in [3.05, 3.63) is 29.8 Å². The Kier molecular flexibility index (Phi) is 7.05. The van der Waals surface area contributed by atoms with E-state index in [0.29, 0.717) is 37.9 Å². The van der Waals surface area contributed by atoms with Gasteiger partial charge in [-0.3, -0.25) is 14.7 Å². The van der Waals surface area contributed by atoms with Crippen LogP contribution in [0.2, 0.25) is 0 Å². The van der Waals surface area contributed by atoms with Crippen LogP contribution in [0.4, 0.5) is 17.6 Å². The SMILES string of the molecule is COc1cc(-c2cc(C(=O)N3CCC(C(=O)NC4CCC(C(F)(F)F)CC4)CC34COC4)n[nH]2)c(F)cn1. The molecule has 2 amide bonds. The normalized spacial score (nSPS) is 25.1. The lowest BCUT2D eigenvalue weighted by Gasteiger charge is -2.53. The molecule has 0 bridgehead atoms. The van der Waals surface area contributed by atoms with E-state index in [1.54, 1.807) is 4.90 Å². The van der Waals surface area contributed by atoms with Crippen LogP contribution < -0.4 is 10.1 Å². The molecule has 1 saturated carbocycles. The van der Waals surface area contributed by atoms with E-state index in [9.17, 15) is 27.2 Å². The Bertz CT molecular complexity index is 1190. The topological polar surface area (TPSA) is 109 Å². The third-order valence-electron chi connectivity index (χ3n) is 7.92. The maximum absolute atomic E-state index is 14.3. The number of alkyl halides is 3. The largest absolute Gasteiger partial charge is 0.481 e. The van der Waals surface area contributed by atoms with Crippen molar-refractivity contribution in [3.63, 3.8) is 0 Å². The molecule has 13 heteroatoms. The molecule has 1 unspecified atom stereocenters. The standard InChI is InChI=1S/C25H29F4N5O4/c1-37-21-8-17(18(26)11-30-21)19-9-20(33-32-19)23(36)34-7-6-14(10-24(34)12-38-13-24)22(35)31-16-4-2-15(3-5-16)25(27,28)29/h8-9,11,14-16H,2-7,10,12-13H2,1H3,(H,31,35)(H,32,33). The maximum atomic E-state index is 14.3.